The van der Waals surface area contributed by atoms with Gasteiger partial charge in [-0.15, -0.1) is 0 Å². The highest BCUT2D eigenvalue weighted by Crippen LogP contribution is 2.27. The summed E-state index contributed by atoms with van der Waals surface area (Å²) in [5.74, 6) is 1.72. The lowest BCUT2D eigenvalue weighted by Crippen LogP contribution is -2.31. The highest BCUT2D eigenvalue weighted by Gasteiger charge is 2.29. The number of ether oxygens (including phenoxy) is 1. The molecule has 0 bridgehead atoms. The molecule has 90 valence electrons. The largest absolute Gasteiger partial charge is 0.381 e. The summed E-state index contributed by atoms with van der Waals surface area (Å²) in [5.41, 5.74) is 0. The van der Waals surface area contributed by atoms with Crippen molar-refractivity contribution in [2.24, 2.45) is 5.92 Å². The summed E-state index contributed by atoms with van der Waals surface area (Å²) in [7, 11) is 0. The molecule has 1 saturated heterocycles. The monoisotopic (exact) mass is 223 g/mol. The van der Waals surface area contributed by atoms with E-state index in [-0.39, 0.29) is 0 Å². The maximum Gasteiger partial charge on any atom is 0.126 e. The number of imidazole rings is 1. The van der Waals surface area contributed by atoms with Crippen molar-refractivity contribution in [1.29, 1.82) is 0 Å². The average Bonchev–Trinajstić information content (AvgIpc) is 2.96. The number of nitrogens with zero attached hydrogens (tertiary/aromatic N) is 2. The van der Waals surface area contributed by atoms with Gasteiger partial charge < -0.3 is 14.6 Å². The first-order valence-electron chi connectivity index (χ1n) is 6.19. The molecule has 0 aliphatic carbocycles. The molecule has 2 atom stereocenters. The molecule has 1 aromatic rings. The van der Waals surface area contributed by atoms with E-state index in [2.05, 4.69) is 34.9 Å². The molecule has 0 radical (unpaired) electrons. The Morgan fingerprint density at radius 2 is 2.50 bits per heavy atom. The molecule has 2 rings (SSSR count). The third-order valence-corrected chi connectivity index (χ3v) is 3.23. The molecular formula is C12H21N3O. The molecule has 1 N–H and O–H groups in total. The van der Waals surface area contributed by atoms with Crippen LogP contribution in [0.3, 0.4) is 0 Å². The minimum Gasteiger partial charge on any atom is -0.381 e. The van der Waals surface area contributed by atoms with Crippen LogP contribution < -0.4 is 5.32 Å². The normalized spacial score (nSPS) is 22.5. The molecule has 4 nitrogen and oxygen atoms in total. The van der Waals surface area contributed by atoms with Gasteiger partial charge in [0.25, 0.3) is 0 Å². The fraction of sp³-hybridized carbons (Fsp3) is 0.750. The van der Waals surface area contributed by atoms with Crippen molar-refractivity contribution in [2.45, 2.75) is 32.9 Å². The summed E-state index contributed by atoms with van der Waals surface area (Å²) in [6, 6.07) is 0.336. The minimum atomic E-state index is 0.336. The molecule has 0 saturated carbocycles. The zero-order valence-corrected chi connectivity index (χ0v) is 10.1. The Hall–Kier alpha value is -0.870. The van der Waals surface area contributed by atoms with Gasteiger partial charge in [0.2, 0.25) is 0 Å². The smallest absolute Gasteiger partial charge is 0.126 e. The second-order valence-corrected chi connectivity index (χ2v) is 4.23. The summed E-state index contributed by atoms with van der Waals surface area (Å²) >= 11 is 0. The van der Waals surface area contributed by atoms with Crippen LogP contribution in [0.4, 0.5) is 0 Å². The van der Waals surface area contributed by atoms with Crippen molar-refractivity contribution in [3.63, 3.8) is 0 Å². The molecule has 0 aromatic carbocycles. The first-order valence-corrected chi connectivity index (χ1v) is 6.19. The molecular weight excluding hydrogens is 202 g/mol. The summed E-state index contributed by atoms with van der Waals surface area (Å²) < 4.78 is 7.69. The van der Waals surface area contributed by atoms with Gasteiger partial charge in [-0.3, -0.25) is 0 Å². The lowest BCUT2D eigenvalue weighted by Gasteiger charge is -2.23. The number of rotatable bonds is 5. The lowest BCUT2D eigenvalue weighted by atomic mass is 9.98. The van der Waals surface area contributed by atoms with Crippen LogP contribution in [0.2, 0.25) is 0 Å². The summed E-state index contributed by atoms with van der Waals surface area (Å²) in [5, 5.41) is 3.54. The van der Waals surface area contributed by atoms with E-state index in [0.717, 1.165) is 38.5 Å². The van der Waals surface area contributed by atoms with Gasteiger partial charge in [0.15, 0.2) is 0 Å². The lowest BCUT2D eigenvalue weighted by molar-refractivity contribution is 0.175. The highest BCUT2D eigenvalue weighted by molar-refractivity contribution is 5.02. The van der Waals surface area contributed by atoms with Crippen LogP contribution >= 0.6 is 0 Å². The van der Waals surface area contributed by atoms with E-state index in [1.165, 1.54) is 0 Å². The molecule has 1 aliphatic heterocycles. The van der Waals surface area contributed by atoms with Gasteiger partial charge >= 0.3 is 0 Å². The first kappa shape index (κ1) is 11.6. The minimum absolute atomic E-state index is 0.336. The second-order valence-electron chi connectivity index (χ2n) is 4.23. The van der Waals surface area contributed by atoms with Gasteiger partial charge in [-0.05, 0) is 19.9 Å². The van der Waals surface area contributed by atoms with Crippen molar-refractivity contribution in [3.8, 4) is 0 Å². The van der Waals surface area contributed by atoms with Gasteiger partial charge in [-0.2, -0.15) is 0 Å². The molecule has 0 spiro atoms. The van der Waals surface area contributed by atoms with Crippen molar-refractivity contribution in [1.82, 2.24) is 14.9 Å². The molecule has 2 heterocycles. The third kappa shape index (κ3) is 2.28. The summed E-state index contributed by atoms with van der Waals surface area (Å²) in [6.45, 7) is 7.98. The number of nitrogens with one attached hydrogen (secondary N) is 1. The Labute approximate surface area is 97.0 Å². The number of aromatic nitrogens is 2. The fourth-order valence-electron chi connectivity index (χ4n) is 2.37. The van der Waals surface area contributed by atoms with E-state index in [9.17, 15) is 0 Å². The summed E-state index contributed by atoms with van der Waals surface area (Å²) in [4.78, 5) is 4.50. The SMILES string of the molecule is CCNC(c1nccn1CC)C1CCOC1. The van der Waals surface area contributed by atoms with Gasteiger partial charge in [-0.25, -0.2) is 4.98 Å². The number of hydrogen-bond donors (Lipinski definition) is 1. The molecule has 2 unspecified atom stereocenters. The Kier molecular flexibility index (Phi) is 3.96. The average molecular weight is 223 g/mol. The van der Waals surface area contributed by atoms with Crippen LogP contribution in [0.15, 0.2) is 12.4 Å². The highest BCUT2D eigenvalue weighted by atomic mass is 16.5. The van der Waals surface area contributed by atoms with Crippen LogP contribution in [-0.2, 0) is 11.3 Å². The topological polar surface area (TPSA) is 39.1 Å². The molecule has 16 heavy (non-hydrogen) atoms. The van der Waals surface area contributed by atoms with Crippen molar-refractivity contribution < 1.29 is 4.74 Å². The quantitative estimate of drug-likeness (QED) is 0.824. The van der Waals surface area contributed by atoms with Gasteiger partial charge in [0, 0.05) is 31.5 Å². The van der Waals surface area contributed by atoms with Crippen LogP contribution in [0.25, 0.3) is 0 Å². The van der Waals surface area contributed by atoms with E-state index in [1.807, 2.05) is 6.20 Å². The van der Waals surface area contributed by atoms with E-state index in [1.54, 1.807) is 0 Å². The fourth-order valence-corrected chi connectivity index (χ4v) is 2.37. The van der Waals surface area contributed by atoms with Crippen molar-refractivity contribution in [3.05, 3.63) is 18.2 Å². The predicted molar refractivity (Wildman–Crippen MR) is 63.2 cm³/mol. The Bertz CT molecular complexity index is 318. The van der Waals surface area contributed by atoms with Crippen LogP contribution in [0.1, 0.15) is 32.1 Å². The van der Waals surface area contributed by atoms with E-state index < -0.39 is 0 Å². The van der Waals surface area contributed by atoms with Crippen molar-refractivity contribution in [2.75, 3.05) is 19.8 Å². The molecule has 0 amide bonds. The second kappa shape index (κ2) is 5.46. The standard InChI is InChI=1S/C12H21N3O/c1-3-13-11(10-5-8-16-9-10)12-14-6-7-15(12)4-2/h6-7,10-11,13H,3-5,8-9H2,1-2H3. The third-order valence-electron chi connectivity index (χ3n) is 3.23. The predicted octanol–water partition coefficient (Wildman–Crippen LogP) is 1.59. The molecule has 1 aromatic heterocycles. The van der Waals surface area contributed by atoms with Crippen LogP contribution in [0.5, 0.6) is 0 Å². The Balaban J connectivity index is 2.17. The zero-order valence-electron chi connectivity index (χ0n) is 10.1. The maximum atomic E-state index is 5.48. The van der Waals surface area contributed by atoms with Gasteiger partial charge in [-0.1, -0.05) is 6.92 Å². The van der Waals surface area contributed by atoms with Crippen LogP contribution in [0, 0.1) is 5.92 Å². The van der Waals surface area contributed by atoms with Gasteiger partial charge in [0.05, 0.1) is 12.6 Å². The van der Waals surface area contributed by atoms with E-state index in [0.29, 0.717) is 12.0 Å². The molecule has 1 aliphatic rings. The maximum absolute atomic E-state index is 5.48. The van der Waals surface area contributed by atoms with E-state index in [4.69, 9.17) is 4.74 Å². The number of aryl methyl sites for hydroxylation is 1. The Morgan fingerprint density at radius 3 is 3.12 bits per heavy atom. The van der Waals surface area contributed by atoms with Crippen LogP contribution in [-0.4, -0.2) is 29.3 Å². The Morgan fingerprint density at radius 1 is 1.62 bits per heavy atom. The number of hydrogen-bond acceptors (Lipinski definition) is 3. The molecule has 4 heteroatoms. The van der Waals surface area contributed by atoms with Crippen molar-refractivity contribution >= 4 is 0 Å². The van der Waals surface area contributed by atoms with Gasteiger partial charge in [0.1, 0.15) is 5.82 Å². The molecule has 1 fully saturated rings. The summed E-state index contributed by atoms with van der Waals surface area (Å²) in [6.07, 6.45) is 5.07. The van der Waals surface area contributed by atoms with E-state index >= 15 is 0 Å². The first-order chi connectivity index (χ1) is 7.86. The zero-order chi connectivity index (χ0) is 11.4.